The van der Waals surface area contributed by atoms with Crippen molar-refractivity contribution in [3.05, 3.63) is 108 Å². The number of benzene rings is 3. The molecule has 0 saturated heterocycles. The van der Waals surface area contributed by atoms with Crippen molar-refractivity contribution in [1.82, 2.24) is 21.3 Å². The summed E-state index contributed by atoms with van der Waals surface area (Å²) in [6, 6.07) is 24.5. The molecule has 0 aliphatic heterocycles. The molecule has 7 atom stereocenters. The minimum atomic E-state index is -1.03. The fourth-order valence-electron chi connectivity index (χ4n) is 7.32. The molecule has 3 aromatic carbocycles. The second kappa shape index (κ2) is 18.1. The first-order chi connectivity index (χ1) is 25.1. The Morgan fingerprint density at radius 3 is 1.60 bits per heavy atom. The summed E-state index contributed by atoms with van der Waals surface area (Å²) in [5.41, 5.74) is 2.41. The molecule has 274 valence electrons. The van der Waals surface area contributed by atoms with Gasteiger partial charge in [0.05, 0.1) is 18.9 Å². The van der Waals surface area contributed by atoms with E-state index in [4.69, 9.17) is 9.47 Å². The largest absolute Gasteiger partial charge is 0.467 e. The lowest BCUT2D eigenvalue weighted by Crippen LogP contribution is -2.56. The third-order valence-corrected chi connectivity index (χ3v) is 9.92. The molecule has 5 rings (SSSR count). The summed E-state index contributed by atoms with van der Waals surface area (Å²) >= 11 is 0. The smallest absolute Gasteiger partial charge is 0.328 e. The summed E-state index contributed by atoms with van der Waals surface area (Å²) in [7, 11) is 1.23. The number of carbonyl (C=O) groups excluding carboxylic acids is 6. The van der Waals surface area contributed by atoms with Crippen LogP contribution in [0.1, 0.15) is 42.9 Å². The first kappa shape index (κ1) is 37.7. The van der Waals surface area contributed by atoms with Crippen molar-refractivity contribution in [2.45, 2.75) is 63.8 Å². The summed E-state index contributed by atoms with van der Waals surface area (Å²) in [5, 5.41) is 11.0. The summed E-state index contributed by atoms with van der Waals surface area (Å²) in [6.07, 6.45) is 2.53. The van der Waals surface area contributed by atoms with E-state index in [0.717, 1.165) is 29.5 Å². The van der Waals surface area contributed by atoms with Crippen LogP contribution in [0, 0.1) is 23.7 Å². The van der Waals surface area contributed by atoms with Gasteiger partial charge in [0, 0.05) is 12.8 Å². The van der Waals surface area contributed by atoms with Crippen LogP contribution in [-0.4, -0.2) is 67.3 Å². The van der Waals surface area contributed by atoms with Crippen molar-refractivity contribution >= 4 is 35.6 Å². The summed E-state index contributed by atoms with van der Waals surface area (Å²) < 4.78 is 10.1. The van der Waals surface area contributed by atoms with Gasteiger partial charge in [-0.1, -0.05) is 91.0 Å². The van der Waals surface area contributed by atoms with E-state index in [2.05, 4.69) is 21.3 Å². The average Bonchev–Trinajstić information content (AvgIpc) is 3.79. The van der Waals surface area contributed by atoms with Gasteiger partial charge in [0.1, 0.15) is 31.3 Å². The molecule has 0 aromatic heterocycles. The van der Waals surface area contributed by atoms with E-state index in [1.165, 1.54) is 14.0 Å². The lowest BCUT2D eigenvalue weighted by molar-refractivity contribution is -0.146. The molecule has 2 aliphatic carbocycles. The van der Waals surface area contributed by atoms with Crippen LogP contribution in [0.15, 0.2) is 91.0 Å². The SMILES string of the molecule is COC(=O)[C@H](C)NC(=O)[C@H](Cc1ccccc1)NC(=O)[C@@H]1[C@@H]2CC[C@@H](C2)[C@@H]1C(=O)N[C@@H](Cc1ccccc1)C(=O)NCC(=O)OCc1ccccc1. The van der Waals surface area contributed by atoms with E-state index in [0.29, 0.717) is 6.42 Å². The van der Waals surface area contributed by atoms with Crippen LogP contribution < -0.4 is 21.3 Å². The van der Waals surface area contributed by atoms with Crippen LogP contribution in [-0.2, 0) is 57.7 Å². The molecule has 0 radical (unpaired) electrons. The van der Waals surface area contributed by atoms with Gasteiger partial charge in [-0.2, -0.15) is 0 Å². The summed E-state index contributed by atoms with van der Waals surface area (Å²) in [6.45, 7) is 1.17. The van der Waals surface area contributed by atoms with Gasteiger partial charge in [-0.3, -0.25) is 24.0 Å². The zero-order chi connectivity index (χ0) is 37.0. The van der Waals surface area contributed by atoms with Gasteiger partial charge >= 0.3 is 11.9 Å². The lowest BCUT2D eigenvalue weighted by atomic mass is 9.77. The summed E-state index contributed by atoms with van der Waals surface area (Å²) in [5.74, 6) is -4.82. The number of fused-ring (bicyclic) bond motifs is 2. The monoisotopic (exact) mass is 710 g/mol. The Balaban J connectivity index is 1.28. The van der Waals surface area contributed by atoms with Crippen molar-refractivity contribution in [2.24, 2.45) is 23.7 Å². The third kappa shape index (κ3) is 10.0. The van der Waals surface area contributed by atoms with Crippen molar-refractivity contribution in [1.29, 1.82) is 0 Å². The zero-order valence-electron chi connectivity index (χ0n) is 29.4. The number of hydrogen-bond donors (Lipinski definition) is 4. The minimum absolute atomic E-state index is 0.0611. The molecule has 0 unspecified atom stereocenters. The predicted octanol–water partition coefficient (Wildman–Crippen LogP) is 2.64. The highest BCUT2D eigenvalue weighted by atomic mass is 16.5. The Morgan fingerprint density at radius 1 is 0.654 bits per heavy atom. The van der Waals surface area contributed by atoms with Gasteiger partial charge in [-0.25, -0.2) is 4.79 Å². The molecular formula is C40H46N4O8. The van der Waals surface area contributed by atoms with Crippen molar-refractivity contribution in [3.8, 4) is 0 Å². The van der Waals surface area contributed by atoms with E-state index in [-0.39, 0.29) is 37.8 Å². The van der Waals surface area contributed by atoms with Crippen molar-refractivity contribution in [2.75, 3.05) is 13.7 Å². The molecule has 52 heavy (non-hydrogen) atoms. The van der Waals surface area contributed by atoms with Crippen molar-refractivity contribution in [3.63, 3.8) is 0 Å². The molecule has 3 aromatic rings. The van der Waals surface area contributed by atoms with Crippen LogP contribution in [0.3, 0.4) is 0 Å². The highest BCUT2D eigenvalue weighted by molar-refractivity contribution is 5.95. The number of carbonyl (C=O) groups is 6. The second-order valence-corrected chi connectivity index (χ2v) is 13.5. The average molecular weight is 711 g/mol. The molecular weight excluding hydrogens is 664 g/mol. The molecule has 2 aliphatic rings. The maximum absolute atomic E-state index is 14.1. The van der Waals surface area contributed by atoms with E-state index >= 15 is 0 Å². The standard InChI is InChI=1S/C40H46N4O8/c1-25(40(50)51-2)42-37(47)32(21-27-14-8-4-9-15-27)44-39(49)35-30-19-18-29(22-30)34(35)38(48)43-31(20-26-12-6-3-7-13-26)36(46)41-23-33(45)52-24-28-16-10-5-11-17-28/h3-17,25,29-32,34-35H,18-24H2,1-2H3,(H,41,46)(H,42,47)(H,43,48)(H,44,49)/t25-,29-,30+,31-,32-,34-,35+/m0/s1. The van der Waals surface area contributed by atoms with Crippen LogP contribution in [0.4, 0.5) is 0 Å². The Labute approximate surface area is 303 Å². The van der Waals surface area contributed by atoms with Crippen LogP contribution in [0.25, 0.3) is 0 Å². The van der Waals surface area contributed by atoms with Gasteiger partial charge in [0.15, 0.2) is 0 Å². The number of hydrogen-bond acceptors (Lipinski definition) is 8. The number of ether oxygens (including phenoxy) is 2. The van der Waals surface area contributed by atoms with E-state index in [9.17, 15) is 28.8 Å². The van der Waals surface area contributed by atoms with Gasteiger partial charge in [-0.15, -0.1) is 0 Å². The predicted molar refractivity (Wildman–Crippen MR) is 191 cm³/mol. The fraction of sp³-hybridized carbons (Fsp3) is 0.400. The number of rotatable bonds is 16. The normalized spacial score (nSPS) is 20.4. The quantitative estimate of drug-likeness (QED) is 0.165. The first-order valence-electron chi connectivity index (χ1n) is 17.7. The molecule has 2 bridgehead atoms. The maximum atomic E-state index is 14.1. The zero-order valence-corrected chi connectivity index (χ0v) is 29.4. The van der Waals surface area contributed by atoms with Gasteiger partial charge < -0.3 is 30.7 Å². The third-order valence-electron chi connectivity index (χ3n) is 9.92. The Morgan fingerprint density at radius 2 is 1.12 bits per heavy atom. The molecule has 2 saturated carbocycles. The maximum Gasteiger partial charge on any atom is 0.328 e. The molecule has 0 heterocycles. The van der Waals surface area contributed by atoms with E-state index < -0.39 is 65.5 Å². The highest BCUT2D eigenvalue weighted by Gasteiger charge is 2.54. The lowest BCUT2D eigenvalue weighted by Gasteiger charge is -2.32. The van der Waals surface area contributed by atoms with E-state index in [1.54, 1.807) is 0 Å². The van der Waals surface area contributed by atoms with Gasteiger partial charge in [-0.05, 0) is 54.7 Å². The topological polar surface area (TPSA) is 169 Å². The minimum Gasteiger partial charge on any atom is -0.467 e. The Hall–Kier alpha value is -5.52. The number of nitrogens with one attached hydrogen (secondary N) is 4. The highest BCUT2D eigenvalue weighted by Crippen LogP contribution is 2.52. The molecule has 4 N–H and O–H groups in total. The van der Waals surface area contributed by atoms with Crippen LogP contribution >= 0.6 is 0 Å². The van der Waals surface area contributed by atoms with E-state index in [1.807, 2.05) is 91.0 Å². The molecule has 2 fully saturated rings. The number of methoxy groups -OCH3 is 1. The molecule has 0 spiro atoms. The number of amides is 4. The van der Waals surface area contributed by atoms with Crippen LogP contribution in [0.5, 0.6) is 0 Å². The second-order valence-electron chi connectivity index (χ2n) is 13.5. The first-order valence-corrected chi connectivity index (χ1v) is 17.7. The summed E-state index contributed by atoms with van der Waals surface area (Å²) in [4.78, 5) is 79.7. The van der Waals surface area contributed by atoms with Crippen molar-refractivity contribution < 1.29 is 38.2 Å². The van der Waals surface area contributed by atoms with Crippen LogP contribution in [0.2, 0.25) is 0 Å². The fourth-order valence-corrected chi connectivity index (χ4v) is 7.32. The molecule has 12 nitrogen and oxygen atoms in total. The Bertz CT molecular complexity index is 1700. The molecule has 4 amide bonds. The van der Waals surface area contributed by atoms with Gasteiger partial charge in [0.2, 0.25) is 23.6 Å². The Kier molecular flexibility index (Phi) is 13.1. The molecule has 12 heteroatoms. The van der Waals surface area contributed by atoms with Gasteiger partial charge in [0.25, 0.3) is 0 Å². The number of esters is 2.